The van der Waals surface area contributed by atoms with Gasteiger partial charge in [0, 0.05) is 17.5 Å². The van der Waals surface area contributed by atoms with E-state index >= 15 is 0 Å². The number of nitrogens with zero attached hydrogens (tertiary/aromatic N) is 2. The fraction of sp³-hybridized carbons (Fsp3) is 0.208. The van der Waals surface area contributed by atoms with Gasteiger partial charge in [0.05, 0.1) is 18.4 Å². The van der Waals surface area contributed by atoms with E-state index in [9.17, 15) is 4.39 Å². The highest BCUT2D eigenvalue weighted by molar-refractivity contribution is 6.02. The van der Waals surface area contributed by atoms with Crippen LogP contribution in [0, 0.1) is 5.82 Å². The van der Waals surface area contributed by atoms with Crippen LogP contribution in [0.1, 0.15) is 42.3 Å². The van der Waals surface area contributed by atoms with Crippen LogP contribution in [-0.2, 0) is 0 Å². The van der Waals surface area contributed by atoms with Crippen molar-refractivity contribution < 1.29 is 13.9 Å². The average molecular weight is 388 g/mol. The second-order valence-corrected chi connectivity index (χ2v) is 7.17. The third-order valence-electron chi connectivity index (χ3n) is 5.33. The van der Waals surface area contributed by atoms with Crippen LogP contribution < -0.4 is 9.47 Å². The third kappa shape index (κ3) is 3.23. The number of ether oxygens (including phenoxy) is 2. The van der Waals surface area contributed by atoms with Gasteiger partial charge in [-0.05, 0) is 55.0 Å². The first-order valence-corrected chi connectivity index (χ1v) is 9.83. The van der Waals surface area contributed by atoms with Gasteiger partial charge < -0.3 is 9.47 Å². The molecule has 2 atom stereocenters. The molecule has 2 aliphatic rings. The zero-order chi connectivity index (χ0) is 19.8. The van der Waals surface area contributed by atoms with Crippen LogP contribution in [0.25, 0.3) is 0 Å². The van der Waals surface area contributed by atoms with Gasteiger partial charge in [0.25, 0.3) is 0 Å². The van der Waals surface area contributed by atoms with Gasteiger partial charge in [0.15, 0.2) is 0 Å². The molecule has 29 heavy (non-hydrogen) atoms. The summed E-state index contributed by atoms with van der Waals surface area (Å²) in [5.74, 6) is 1.39. The molecule has 0 spiro atoms. The Morgan fingerprint density at radius 2 is 1.90 bits per heavy atom. The number of hydrogen-bond donors (Lipinski definition) is 0. The molecule has 0 amide bonds. The van der Waals surface area contributed by atoms with Crippen molar-refractivity contribution in [3.05, 3.63) is 95.3 Å². The standard InChI is InChI=1S/C24H21FN2O2/c1-2-28-19-12-10-16(11-13-19)21-15-22-20-8-3-4-9-23(20)29-24(27(22)26-21)17-6-5-7-18(25)14-17/h3-14,22,24H,2,15H2,1H3/t22-,24-/m0/s1. The van der Waals surface area contributed by atoms with Crippen LogP contribution in [0.5, 0.6) is 11.5 Å². The maximum absolute atomic E-state index is 13.9. The molecule has 0 unspecified atom stereocenters. The van der Waals surface area contributed by atoms with E-state index in [1.807, 2.05) is 60.5 Å². The molecule has 5 heteroatoms. The van der Waals surface area contributed by atoms with Crippen LogP contribution in [0.3, 0.4) is 0 Å². The monoisotopic (exact) mass is 388 g/mol. The predicted molar refractivity (Wildman–Crippen MR) is 110 cm³/mol. The summed E-state index contributed by atoms with van der Waals surface area (Å²) in [5, 5.41) is 6.87. The summed E-state index contributed by atoms with van der Waals surface area (Å²) in [4.78, 5) is 0. The molecule has 5 rings (SSSR count). The van der Waals surface area contributed by atoms with Crippen molar-refractivity contribution in [1.82, 2.24) is 5.01 Å². The molecule has 0 bridgehead atoms. The Morgan fingerprint density at radius 3 is 2.69 bits per heavy atom. The van der Waals surface area contributed by atoms with Crippen molar-refractivity contribution in [2.75, 3.05) is 6.61 Å². The van der Waals surface area contributed by atoms with Crippen LogP contribution in [-0.4, -0.2) is 17.3 Å². The van der Waals surface area contributed by atoms with E-state index in [1.165, 1.54) is 12.1 Å². The molecule has 2 aliphatic heterocycles. The molecule has 3 aromatic rings. The van der Waals surface area contributed by atoms with Gasteiger partial charge in [-0.2, -0.15) is 5.10 Å². The van der Waals surface area contributed by atoms with Crippen LogP contribution in [0.2, 0.25) is 0 Å². The first-order chi connectivity index (χ1) is 14.2. The summed E-state index contributed by atoms with van der Waals surface area (Å²) >= 11 is 0. The van der Waals surface area contributed by atoms with Gasteiger partial charge in [0.2, 0.25) is 6.23 Å². The molecule has 2 heterocycles. The Kier molecular flexibility index (Phi) is 4.43. The van der Waals surface area contributed by atoms with Crippen molar-refractivity contribution in [2.45, 2.75) is 25.6 Å². The molecule has 146 valence electrons. The second-order valence-electron chi connectivity index (χ2n) is 7.17. The summed E-state index contributed by atoms with van der Waals surface area (Å²) < 4.78 is 25.7. The lowest BCUT2D eigenvalue weighted by Crippen LogP contribution is -2.33. The van der Waals surface area contributed by atoms with Crippen LogP contribution in [0.4, 0.5) is 4.39 Å². The zero-order valence-corrected chi connectivity index (χ0v) is 16.1. The number of benzene rings is 3. The van der Waals surface area contributed by atoms with Gasteiger partial charge in [-0.15, -0.1) is 0 Å². The number of halogens is 1. The highest BCUT2D eigenvalue weighted by Crippen LogP contribution is 2.47. The van der Waals surface area contributed by atoms with E-state index in [1.54, 1.807) is 6.07 Å². The maximum atomic E-state index is 13.9. The van der Waals surface area contributed by atoms with Crippen molar-refractivity contribution >= 4 is 5.71 Å². The van der Waals surface area contributed by atoms with Gasteiger partial charge in [-0.3, -0.25) is 0 Å². The summed E-state index contributed by atoms with van der Waals surface area (Å²) in [6.45, 7) is 2.61. The number of hydrogen-bond acceptors (Lipinski definition) is 4. The first kappa shape index (κ1) is 17.7. The molecular weight excluding hydrogens is 367 g/mol. The minimum atomic E-state index is -0.467. The van der Waals surface area contributed by atoms with Crippen molar-refractivity contribution in [1.29, 1.82) is 0 Å². The predicted octanol–water partition coefficient (Wildman–Crippen LogP) is 5.47. The molecule has 0 saturated carbocycles. The molecule has 0 aromatic heterocycles. The van der Waals surface area contributed by atoms with Crippen LogP contribution in [0.15, 0.2) is 77.9 Å². The lowest BCUT2D eigenvalue weighted by Gasteiger charge is -2.38. The number of para-hydroxylation sites is 1. The quantitative estimate of drug-likeness (QED) is 0.595. The van der Waals surface area contributed by atoms with Gasteiger partial charge >= 0.3 is 0 Å². The summed E-state index contributed by atoms with van der Waals surface area (Å²) in [7, 11) is 0. The minimum Gasteiger partial charge on any atom is -0.494 e. The van der Waals surface area contributed by atoms with Gasteiger partial charge in [-0.1, -0.05) is 30.3 Å². The molecule has 4 nitrogen and oxygen atoms in total. The summed E-state index contributed by atoms with van der Waals surface area (Å²) in [6, 6.07) is 22.6. The molecule has 0 fully saturated rings. The zero-order valence-electron chi connectivity index (χ0n) is 16.1. The number of hydrazone groups is 1. The van der Waals surface area contributed by atoms with E-state index in [0.29, 0.717) is 6.61 Å². The van der Waals surface area contributed by atoms with Gasteiger partial charge in [-0.25, -0.2) is 9.40 Å². The molecule has 0 aliphatic carbocycles. The highest BCUT2D eigenvalue weighted by atomic mass is 19.1. The van der Waals surface area contributed by atoms with Crippen molar-refractivity contribution in [3.63, 3.8) is 0 Å². The molecule has 0 N–H and O–H groups in total. The highest BCUT2D eigenvalue weighted by Gasteiger charge is 2.40. The Balaban J connectivity index is 1.53. The fourth-order valence-electron chi connectivity index (χ4n) is 4.00. The van der Waals surface area contributed by atoms with Gasteiger partial charge in [0.1, 0.15) is 17.3 Å². The smallest absolute Gasteiger partial charge is 0.213 e. The molecule has 0 saturated heterocycles. The van der Waals surface area contributed by atoms with E-state index in [2.05, 4.69) is 6.07 Å². The normalized spacial score (nSPS) is 19.8. The topological polar surface area (TPSA) is 34.1 Å². The van der Waals surface area contributed by atoms with E-state index in [-0.39, 0.29) is 11.9 Å². The van der Waals surface area contributed by atoms with E-state index in [0.717, 1.165) is 40.3 Å². The Morgan fingerprint density at radius 1 is 1.07 bits per heavy atom. The Hall–Kier alpha value is -3.34. The third-order valence-corrected chi connectivity index (χ3v) is 5.33. The minimum absolute atomic E-state index is 0.0507. The van der Waals surface area contributed by atoms with E-state index in [4.69, 9.17) is 14.6 Å². The maximum Gasteiger partial charge on any atom is 0.213 e. The molecule has 0 radical (unpaired) electrons. The number of rotatable bonds is 4. The number of fused-ring (bicyclic) bond motifs is 3. The lowest BCUT2D eigenvalue weighted by molar-refractivity contribution is -0.0192. The SMILES string of the molecule is CCOc1ccc(C2=NN3[C@@H](C2)c2ccccc2O[C@H]3c2cccc(F)c2)cc1. The second kappa shape index (κ2) is 7.24. The summed E-state index contributed by atoms with van der Waals surface area (Å²) in [6.07, 6.45) is 0.297. The molecular formula is C24H21FN2O2. The Labute approximate surface area is 169 Å². The summed E-state index contributed by atoms with van der Waals surface area (Å²) in [5.41, 5.74) is 3.89. The van der Waals surface area contributed by atoms with Crippen molar-refractivity contribution in [3.8, 4) is 11.5 Å². The van der Waals surface area contributed by atoms with E-state index < -0.39 is 6.23 Å². The fourth-order valence-corrected chi connectivity index (χ4v) is 4.00. The largest absolute Gasteiger partial charge is 0.494 e. The van der Waals surface area contributed by atoms with Crippen LogP contribution >= 0.6 is 0 Å². The molecule has 3 aromatic carbocycles. The average Bonchev–Trinajstić information content (AvgIpc) is 3.20. The lowest BCUT2D eigenvalue weighted by atomic mass is 9.96. The first-order valence-electron chi connectivity index (χ1n) is 9.83. The Bertz CT molecular complexity index is 1060. The van der Waals surface area contributed by atoms with Crippen molar-refractivity contribution in [2.24, 2.45) is 5.10 Å².